The molecule has 0 aliphatic rings. The molecule has 214 valence electrons. The van der Waals surface area contributed by atoms with Crippen LogP contribution in [-0.4, -0.2) is 59.0 Å². The summed E-state index contributed by atoms with van der Waals surface area (Å²) < 4.78 is 4.69. The zero-order chi connectivity index (χ0) is 29.2. The van der Waals surface area contributed by atoms with Gasteiger partial charge in [-0.15, -0.1) is 0 Å². The van der Waals surface area contributed by atoms with Crippen LogP contribution in [0.2, 0.25) is 0 Å². The monoisotopic (exact) mass is 550 g/mol. The van der Waals surface area contributed by atoms with E-state index in [0.717, 1.165) is 78.7 Å². The van der Waals surface area contributed by atoms with Gasteiger partial charge < -0.3 is 9.72 Å². The summed E-state index contributed by atoms with van der Waals surface area (Å²) in [5.41, 5.74) is 8.60. The Hall–Kier alpha value is -4.00. The molecule has 0 unspecified atom stereocenters. The van der Waals surface area contributed by atoms with Gasteiger partial charge in [0.1, 0.15) is 5.82 Å². The van der Waals surface area contributed by atoms with E-state index in [1.807, 2.05) is 24.3 Å². The minimum Gasteiger partial charge on any atom is -0.466 e. The quantitative estimate of drug-likeness (QED) is 0.140. The normalized spacial score (nSPS) is 11.6. The number of ether oxygens (including phenoxy) is 1. The first-order valence-electron chi connectivity index (χ1n) is 14.6. The van der Waals surface area contributed by atoms with E-state index in [9.17, 15) is 4.79 Å². The lowest BCUT2D eigenvalue weighted by Gasteiger charge is -2.18. The van der Waals surface area contributed by atoms with Gasteiger partial charge in [-0.25, -0.2) is 9.78 Å². The zero-order valence-corrected chi connectivity index (χ0v) is 25.0. The topological polar surface area (TPSA) is 61.5 Å². The van der Waals surface area contributed by atoms with E-state index in [4.69, 9.17) is 9.72 Å². The number of H-pyrrole nitrogens is 1. The molecule has 0 saturated heterocycles. The van der Waals surface area contributed by atoms with E-state index >= 15 is 0 Å². The molecule has 0 fully saturated rings. The highest BCUT2D eigenvalue weighted by Gasteiger charge is 2.16. The fourth-order valence-electron chi connectivity index (χ4n) is 4.87. The molecule has 6 nitrogen and oxygen atoms in total. The van der Waals surface area contributed by atoms with Crippen molar-refractivity contribution in [3.05, 3.63) is 95.6 Å². The Labute approximate surface area is 244 Å². The molecule has 1 aromatic heterocycles. The zero-order valence-electron chi connectivity index (χ0n) is 25.0. The predicted octanol–water partition coefficient (Wildman–Crippen LogP) is 7.28. The molecule has 0 saturated carbocycles. The molecule has 4 rings (SSSR count). The number of nitrogens with zero attached hydrogens (tertiary/aromatic N) is 3. The first-order valence-corrected chi connectivity index (χ1v) is 14.6. The Morgan fingerprint density at radius 3 is 1.71 bits per heavy atom. The van der Waals surface area contributed by atoms with Crippen molar-refractivity contribution >= 4 is 12.0 Å². The van der Waals surface area contributed by atoms with Gasteiger partial charge >= 0.3 is 5.97 Å². The number of hydrogen-bond donors (Lipinski definition) is 1. The smallest absolute Gasteiger partial charge is 0.330 e. The summed E-state index contributed by atoms with van der Waals surface area (Å²) in [5, 5.41) is 0. The summed E-state index contributed by atoms with van der Waals surface area (Å²) in [6.45, 7) is 14.8. The number of carbonyl (C=O) groups is 1. The Balaban J connectivity index is 1.68. The van der Waals surface area contributed by atoms with Crippen molar-refractivity contribution in [1.82, 2.24) is 19.8 Å². The fraction of sp³-hybridized carbons (Fsp3) is 0.314. The number of rotatable bonds is 13. The van der Waals surface area contributed by atoms with E-state index in [1.54, 1.807) is 6.08 Å². The molecule has 0 spiro atoms. The number of carbonyl (C=O) groups excluding carboxylic acids is 1. The molecule has 0 amide bonds. The Kier molecular flexibility index (Phi) is 10.7. The van der Waals surface area contributed by atoms with Crippen LogP contribution in [0.5, 0.6) is 0 Å². The molecule has 0 aliphatic heterocycles. The van der Waals surface area contributed by atoms with Crippen molar-refractivity contribution in [2.45, 2.75) is 40.8 Å². The minimum absolute atomic E-state index is 0.374. The summed E-state index contributed by atoms with van der Waals surface area (Å²) >= 11 is 0. The second-order valence-corrected chi connectivity index (χ2v) is 10.1. The van der Waals surface area contributed by atoms with Crippen molar-refractivity contribution in [2.75, 3.05) is 33.3 Å². The number of benzene rings is 3. The Bertz CT molecular complexity index is 1340. The van der Waals surface area contributed by atoms with Crippen molar-refractivity contribution < 1.29 is 9.53 Å². The van der Waals surface area contributed by atoms with Crippen LogP contribution in [0.4, 0.5) is 0 Å². The van der Waals surface area contributed by atoms with Gasteiger partial charge in [-0.2, -0.15) is 0 Å². The number of aromatic amines is 1. The van der Waals surface area contributed by atoms with Crippen LogP contribution in [0.1, 0.15) is 44.4 Å². The molecule has 0 bridgehead atoms. The van der Waals surface area contributed by atoms with Crippen LogP contribution < -0.4 is 0 Å². The lowest BCUT2D eigenvalue weighted by Crippen LogP contribution is -2.21. The van der Waals surface area contributed by atoms with Crippen molar-refractivity contribution in [3.63, 3.8) is 0 Å². The standard InChI is InChI=1S/C35H42N4O2/c1-6-38(7-2)24-27-12-17-29(18-13-27)33-34(30-19-14-28(15-20-30)25-39(8-3)9-4)37-35(36-33)31-21-10-26(11-22-31)16-23-32(40)41-5/h10-23H,6-9,24-25H2,1-5H3,(H,36,37). The Morgan fingerprint density at radius 2 is 1.22 bits per heavy atom. The average molecular weight is 551 g/mol. The third-order valence-corrected chi connectivity index (χ3v) is 7.57. The number of aromatic nitrogens is 2. The van der Waals surface area contributed by atoms with E-state index in [0.29, 0.717) is 0 Å². The minimum atomic E-state index is -0.374. The van der Waals surface area contributed by atoms with Crippen LogP contribution in [0.15, 0.2) is 78.9 Å². The number of esters is 1. The maximum Gasteiger partial charge on any atom is 0.330 e. The van der Waals surface area contributed by atoms with Crippen LogP contribution in [0.3, 0.4) is 0 Å². The first-order chi connectivity index (χ1) is 20.0. The molecule has 4 aromatic rings. The molecular formula is C35H42N4O2. The molecule has 6 heteroatoms. The number of methoxy groups -OCH3 is 1. The highest BCUT2D eigenvalue weighted by atomic mass is 16.5. The van der Waals surface area contributed by atoms with Crippen molar-refractivity contribution in [1.29, 1.82) is 0 Å². The third kappa shape index (κ3) is 7.81. The molecule has 41 heavy (non-hydrogen) atoms. The van der Waals surface area contributed by atoms with Crippen molar-refractivity contribution in [2.24, 2.45) is 0 Å². The van der Waals surface area contributed by atoms with Gasteiger partial charge in [-0.1, -0.05) is 100 Å². The third-order valence-electron chi connectivity index (χ3n) is 7.57. The summed E-state index contributed by atoms with van der Waals surface area (Å²) in [6, 6.07) is 25.6. The van der Waals surface area contributed by atoms with Crippen molar-refractivity contribution in [3.8, 4) is 33.9 Å². The molecule has 0 atom stereocenters. The van der Waals surface area contributed by atoms with Gasteiger partial charge in [0.15, 0.2) is 0 Å². The number of hydrogen-bond acceptors (Lipinski definition) is 5. The summed E-state index contributed by atoms with van der Waals surface area (Å²) in [4.78, 5) is 25.0. The lowest BCUT2D eigenvalue weighted by molar-refractivity contribution is -0.134. The van der Waals surface area contributed by atoms with Crippen LogP contribution in [-0.2, 0) is 22.6 Å². The van der Waals surface area contributed by atoms with E-state index in [-0.39, 0.29) is 5.97 Å². The van der Waals surface area contributed by atoms with E-state index in [1.165, 1.54) is 24.3 Å². The van der Waals surface area contributed by atoms with Gasteiger partial charge in [0.2, 0.25) is 0 Å². The van der Waals surface area contributed by atoms with Crippen LogP contribution in [0.25, 0.3) is 40.0 Å². The Morgan fingerprint density at radius 1 is 0.732 bits per heavy atom. The maximum absolute atomic E-state index is 11.5. The summed E-state index contributed by atoms with van der Waals surface area (Å²) in [5.74, 6) is 0.429. The van der Waals surface area contributed by atoms with Crippen LogP contribution >= 0.6 is 0 Å². The van der Waals surface area contributed by atoms with Gasteiger partial charge in [0, 0.05) is 35.9 Å². The summed E-state index contributed by atoms with van der Waals surface area (Å²) in [7, 11) is 1.37. The molecule has 1 N–H and O–H groups in total. The molecule has 1 heterocycles. The van der Waals surface area contributed by atoms with Gasteiger partial charge in [-0.3, -0.25) is 9.80 Å². The van der Waals surface area contributed by atoms with Gasteiger partial charge in [-0.05, 0) is 48.9 Å². The largest absolute Gasteiger partial charge is 0.466 e. The van der Waals surface area contributed by atoms with Gasteiger partial charge in [0.05, 0.1) is 18.5 Å². The van der Waals surface area contributed by atoms with Crippen LogP contribution in [0, 0.1) is 0 Å². The summed E-state index contributed by atoms with van der Waals surface area (Å²) in [6.07, 6.45) is 3.17. The SMILES string of the molecule is CCN(CC)Cc1ccc(-c2nc(-c3ccc(C=CC(=O)OC)cc3)[nH]c2-c2ccc(CN(CC)CC)cc2)cc1. The fourth-order valence-corrected chi connectivity index (χ4v) is 4.87. The first kappa shape index (κ1) is 30.0. The number of nitrogens with one attached hydrogen (secondary N) is 1. The molecular weight excluding hydrogens is 508 g/mol. The molecule has 0 aliphatic carbocycles. The number of imidazole rings is 1. The molecule has 0 radical (unpaired) electrons. The lowest BCUT2D eigenvalue weighted by atomic mass is 10.0. The predicted molar refractivity (Wildman–Crippen MR) is 169 cm³/mol. The second kappa shape index (κ2) is 14.6. The second-order valence-electron chi connectivity index (χ2n) is 10.1. The van der Waals surface area contributed by atoms with Gasteiger partial charge in [0.25, 0.3) is 0 Å². The van der Waals surface area contributed by atoms with E-state index in [2.05, 4.69) is 91.0 Å². The highest BCUT2D eigenvalue weighted by molar-refractivity contribution is 5.87. The molecule has 3 aromatic carbocycles. The highest BCUT2D eigenvalue weighted by Crippen LogP contribution is 2.33. The average Bonchev–Trinajstić information content (AvgIpc) is 3.47. The maximum atomic E-state index is 11.5. The van der Waals surface area contributed by atoms with E-state index < -0.39 is 0 Å².